The Kier molecular flexibility index (Phi) is 3.82. The van der Waals surface area contributed by atoms with Crippen LogP contribution >= 0.6 is 39.0 Å². The predicted octanol–water partition coefficient (Wildman–Crippen LogP) is 2.68. The molecular weight excluding hydrogens is 243 g/mol. The molecule has 0 radical (unpaired) electrons. The molecule has 0 aliphatic carbocycles. The van der Waals surface area contributed by atoms with Crippen molar-refractivity contribution in [1.82, 2.24) is 0 Å². The van der Waals surface area contributed by atoms with Crippen molar-refractivity contribution in [2.24, 2.45) is 0 Å². The summed E-state index contributed by atoms with van der Waals surface area (Å²) >= 11 is 6.28. The second-order valence-electron chi connectivity index (χ2n) is 1.54. The third-order valence-corrected chi connectivity index (χ3v) is 7.88. The summed E-state index contributed by atoms with van der Waals surface area (Å²) in [5.41, 5.74) is 0. The van der Waals surface area contributed by atoms with E-state index < -0.39 is 7.14 Å². The van der Waals surface area contributed by atoms with Crippen LogP contribution in [0, 0.1) is 0 Å². The molecule has 4 heteroatoms. The summed E-state index contributed by atoms with van der Waals surface area (Å²) in [6.45, 7) is 1.76. The Morgan fingerprint density at radius 1 is 1.43 bits per heavy atom. The number of hydrogen-bond donors (Lipinski definition) is 0. The second-order valence-corrected chi connectivity index (χ2v) is 7.62. The van der Waals surface area contributed by atoms with Crippen LogP contribution in [0.2, 0.25) is 0 Å². The van der Waals surface area contributed by atoms with Crippen molar-refractivity contribution in [1.29, 1.82) is 0 Å². The third-order valence-electron chi connectivity index (χ3n) is 0.506. The lowest BCUT2D eigenvalue weighted by Crippen LogP contribution is -1.77. The molecule has 44 valence electrons. The summed E-state index contributed by atoms with van der Waals surface area (Å²) in [7, 11) is -1.82. The van der Waals surface area contributed by atoms with Crippen LogP contribution in [0.5, 0.6) is 0 Å². The maximum Gasteiger partial charge on any atom is 0.105 e. The number of alkyl halides is 2. The fourth-order valence-corrected chi connectivity index (χ4v) is 2.59. The van der Waals surface area contributed by atoms with Crippen LogP contribution in [0.1, 0.15) is 0 Å². The topological polar surface area (TPSA) is 17.1 Å². The van der Waals surface area contributed by atoms with E-state index in [1.807, 2.05) is 0 Å². The summed E-state index contributed by atoms with van der Waals surface area (Å²) in [5, 5.41) is 1.23. The number of rotatable bonds is 2. The Morgan fingerprint density at radius 3 is 1.71 bits per heavy atom. The molecule has 0 fully saturated rings. The molecule has 0 amide bonds. The standard InChI is InChI=1S/C3H7Br2OP/c1-7(6,2-4)3-5/h2-3H2,1H3. The van der Waals surface area contributed by atoms with Crippen LogP contribution in [0.25, 0.3) is 0 Å². The van der Waals surface area contributed by atoms with Gasteiger partial charge in [-0.25, -0.2) is 0 Å². The average Bonchev–Trinajstić information content (AvgIpc) is 1.68. The van der Waals surface area contributed by atoms with Crippen LogP contribution in [0.3, 0.4) is 0 Å². The monoisotopic (exact) mass is 248 g/mol. The molecule has 0 bridgehead atoms. The highest BCUT2D eigenvalue weighted by atomic mass is 79.9. The molecule has 0 atom stereocenters. The molecule has 0 spiro atoms. The third kappa shape index (κ3) is 3.75. The zero-order chi connectivity index (χ0) is 5.91. The molecule has 7 heavy (non-hydrogen) atoms. The van der Waals surface area contributed by atoms with E-state index >= 15 is 0 Å². The highest BCUT2D eigenvalue weighted by Crippen LogP contribution is 2.44. The number of halogens is 2. The van der Waals surface area contributed by atoms with Gasteiger partial charge in [0.05, 0.1) is 10.1 Å². The van der Waals surface area contributed by atoms with Crippen molar-refractivity contribution in [2.45, 2.75) is 0 Å². The van der Waals surface area contributed by atoms with E-state index in [-0.39, 0.29) is 0 Å². The lowest BCUT2D eigenvalue weighted by Gasteiger charge is -2.00. The molecular formula is C3H7Br2OP. The number of hydrogen-bond acceptors (Lipinski definition) is 1. The average molecular weight is 250 g/mol. The molecule has 0 heterocycles. The molecule has 0 aliphatic heterocycles. The van der Waals surface area contributed by atoms with E-state index in [1.54, 1.807) is 6.66 Å². The zero-order valence-corrected chi connectivity index (χ0v) is 8.09. The summed E-state index contributed by atoms with van der Waals surface area (Å²) in [4.78, 5) is 0. The van der Waals surface area contributed by atoms with Crippen molar-refractivity contribution in [3.05, 3.63) is 0 Å². The van der Waals surface area contributed by atoms with Gasteiger partial charge in [0.15, 0.2) is 0 Å². The lowest BCUT2D eigenvalue weighted by molar-refractivity contribution is 0.585. The maximum absolute atomic E-state index is 10.9. The molecule has 0 aromatic rings. The maximum atomic E-state index is 10.9. The quantitative estimate of drug-likeness (QED) is 0.543. The highest BCUT2D eigenvalue weighted by Gasteiger charge is 2.08. The van der Waals surface area contributed by atoms with Crippen molar-refractivity contribution in [3.8, 4) is 0 Å². The largest absolute Gasteiger partial charge is 0.322 e. The minimum Gasteiger partial charge on any atom is -0.322 e. The Labute approximate surface area is 60.5 Å². The minimum atomic E-state index is -1.82. The molecule has 0 aromatic heterocycles. The molecule has 0 rings (SSSR count). The fraction of sp³-hybridized carbons (Fsp3) is 1.00. The van der Waals surface area contributed by atoms with Gasteiger partial charge in [-0.15, -0.1) is 0 Å². The van der Waals surface area contributed by atoms with Crippen molar-refractivity contribution < 1.29 is 4.57 Å². The van der Waals surface area contributed by atoms with Crippen LogP contribution in [-0.2, 0) is 4.57 Å². The van der Waals surface area contributed by atoms with Crippen LogP contribution in [0.4, 0.5) is 0 Å². The van der Waals surface area contributed by atoms with Gasteiger partial charge in [-0.2, -0.15) is 0 Å². The second kappa shape index (κ2) is 3.26. The smallest absolute Gasteiger partial charge is 0.105 e. The van der Waals surface area contributed by atoms with E-state index in [1.165, 1.54) is 0 Å². The molecule has 0 N–H and O–H groups in total. The summed E-state index contributed by atoms with van der Waals surface area (Å²) in [6.07, 6.45) is 0. The van der Waals surface area contributed by atoms with Gasteiger partial charge in [0.1, 0.15) is 7.14 Å². The summed E-state index contributed by atoms with van der Waals surface area (Å²) < 4.78 is 10.9. The molecule has 0 aromatic carbocycles. The molecule has 0 aliphatic rings. The first-order chi connectivity index (χ1) is 3.12. The van der Waals surface area contributed by atoms with Gasteiger partial charge in [0, 0.05) is 0 Å². The van der Waals surface area contributed by atoms with E-state index in [4.69, 9.17) is 0 Å². The first-order valence-electron chi connectivity index (χ1n) is 1.80. The summed E-state index contributed by atoms with van der Waals surface area (Å²) in [5.74, 6) is 0. The Bertz CT molecular complexity index is 84.9. The molecule has 0 unspecified atom stereocenters. The minimum absolute atomic E-state index is 0.616. The van der Waals surface area contributed by atoms with Gasteiger partial charge in [0.25, 0.3) is 0 Å². The predicted molar refractivity (Wildman–Crippen MR) is 41.1 cm³/mol. The Hall–Kier alpha value is 1.19. The van der Waals surface area contributed by atoms with Crippen LogP contribution in [0.15, 0.2) is 0 Å². The highest BCUT2D eigenvalue weighted by molar-refractivity contribution is 9.12. The summed E-state index contributed by atoms with van der Waals surface area (Å²) in [6, 6.07) is 0. The Morgan fingerprint density at radius 2 is 1.71 bits per heavy atom. The first-order valence-corrected chi connectivity index (χ1v) is 6.56. The van der Waals surface area contributed by atoms with E-state index in [9.17, 15) is 4.57 Å². The van der Waals surface area contributed by atoms with Gasteiger partial charge >= 0.3 is 0 Å². The molecule has 1 nitrogen and oxygen atoms in total. The first kappa shape index (κ1) is 8.19. The fourth-order valence-electron chi connectivity index (χ4n) is 0.0319. The molecule has 0 saturated heterocycles. The normalized spacial score (nSPS) is 11.9. The van der Waals surface area contributed by atoms with Gasteiger partial charge in [-0.1, -0.05) is 31.9 Å². The molecule has 0 saturated carbocycles. The van der Waals surface area contributed by atoms with Gasteiger partial charge in [0.2, 0.25) is 0 Å². The van der Waals surface area contributed by atoms with Gasteiger partial charge in [-0.3, -0.25) is 0 Å². The zero-order valence-electron chi connectivity index (χ0n) is 4.03. The van der Waals surface area contributed by atoms with Crippen molar-refractivity contribution in [3.63, 3.8) is 0 Å². The van der Waals surface area contributed by atoms with Crippen molar-refractivity contribution >= 4 is 39.0 Å². The van der Waals surface area contributed by atoms with Crippen LogP contribution in [-0.4, -0.2) is 16.8 Å². The van der Waals surface area contributed by atoms with Gasteiger partial charge in [-0.05, 0) is 6.66 Å². The van der Waals surface area contributed by atoms with Gasteiger partial charge < -0.3 is 4.57 Å². The van der Waals surface area contributed by atoms with Crippen molar-refractivity contribution in [2.75, 3.05) is 16.8 Å². The Balaban J connectivity index is 3.61. The SMILES string of the molecule is CP(=O)(CBr)CBr. The van der Waals surface area contributed by atoms with E-state index in [0.717, 1.165) is 0 Å². The lowest BCUT2D eigenvalue weighted by atomic mass is 11.8. The van der Waals surface area contributed by atoms with E-state index in [0.29, 0.717) is 10.1 Å². The van der Waals surface area contributed by atoms with E-state index in [2.05, 4.69) is 31.9 Å². The van der Waals surface area contributed by atoms with Crippen LogP contribution < -0.4 is 0 Å².